The topological polar surface area (TPSA) is 63.4 Å². The monoisotopic (exact) mass is 474 g/mol. The predicted octanol–water partition coefficient (Wildman–Crippen LogP) is 5.31. The van der Waals surface area contributed by atoms with Gasteiger partial charge < -0.3 is 9.32 Å². The van der Waals surface area contributed by atoms with Crippen LogP contribution in [0.25, 0.3) is 11.0 Å². The van der Waals surface area contributed by atoms with Crippen LogP contribution in [-0.2, 0) is 6.54 Å². The highest BCUT2D eigenvalue weighted by atomic mass is 79.9. The Labute approximate surface area is 187 Å². The summed E-state index contributed by atoms with van der Waals surface area (Å²) in [7, 11) is 0. The molecule has 0 saturated carbocycles. The van der Waals surface area contributed by atoms with Gasteiger partial charge in [0.25, 0.3) is 5.91 Å². The quantitative estimate of drug-likeness (QED) is 0.403. The van der Waals surface area contributed by atoms with Gasteiger partial charge in [0, 0.05) is 23.4 Å². The van der Waals surface area contributed by atoms with E-state index in [9.17, 15) is 9.59 Å². The molecule has 2 aromatic carbocycles. The Kier molecular flexibility index (Phi) is 4.74. The summed E-state index contributed by atoms with van der Waals surface area (Å²) in [4.78, 5) is 33.1. The Morgan fingerprint density at radius 1 is 1.10 bits per heavy atom. The van der Waals surface area contributed by atoms with Gasteiger partial charge in [0.1, 0.15) is 5.58 Å². The maximum atomic E-state index is 13.7. The van der Waals surface area contributed by atoms with Crippen molar-refractivity contribution in [1.82, 2.24) is 9.88 Å². The maximum Gasteiger partial charge on any atom is 0.291 e. The van der Waals surface area contributed by atoms with Crippen LogP contribution in [0.3, 0.4) is 0 Å². The van der Waals surface area contributed by atoms with Gasteiger partial charge in [0.15, 0.2) is 5.43 Å². The first-order valence-corrected chi connectivity index (χ1v) is 10.8. The van der Waals surface area contributed by atoms with Gasteiger partial charge in [-0.2, -0.15) is 0 Å². The first-order valence-electron chi connectivity index (χ1n) is 9.97. The van der Waals surface area contributed by atoms with E-state index in [1.807, 2.05) is 62.4 Å². The van der Waals surface area contributed by atoms with E-state index in [1.165, 1.54) is 0 Å². The van der Waals surface area contributed by atoms with E-state index in [0.29, 0.717) is 23.1 Å². The van der Waals surface area contributed by atoms with Gasteiger partial charge in [-0.1, -0.05) is 40.2 Å². The number of carbonyl (C=O) groups is 1. The third-order valence-electron chi connectivity index (χ3n) is 5.65. The molecule has 4 aromatic rings. The van der Waals surface area contributed by atoms with E-state index in [-0.39, 0.29) is 17.1 Å². The zero-order valence-electron chi connectivity index (χ0n) is 17.1. The number of halogens is 1. The maximum absolute atomic E-state index is 13.7. The number of fused-ring (bicyclic) bond motifs is 2. The molecule has 1 atom stereocenters. The van der Waals surface area contributed by atoms with Crippen LogP contribution in [0.4, 0.5) is 0 Å². The summed E-state index contributed by atoms with van der Waals surface area (Å²) in [6.45, 7) is 4.17. The van der Waals surface area contributed by atoms with Gasteiger partial charge in [0.2, 0.25) is 5.76 Å². The summed E-state index contributed by atoms with van der Waals surface area (Å²) in [6, 6.07) is 14.7. The van der Waals surface area contributed by atoms with Crippen molar-refractivity contribution in [3.05, 3.63) is 109 Å². The van der Waals surface area contributed by atoms with E-state index in [1.54, 1.807) is 17.3 Å². The van der Waals surface area contributed by atoms with Crippen molar-refractivity contribution >= 4 is 32.8 Å². The lowest BCUT2D eigenvalue weighted by molar-refractivity contribution is 0.0714. The van der Waals surface area contributed by atoms with Crippen LogP contribution in [0, 0.1) is 13.8 Å². The zero-order chi connectivity index (χ0) is 21.7. The minimum Gasteiger partial charge on any atom is -0.450 e. The molecule has 0 N–H and O–H groups in total. The van der Waals surface area contributed by atoms with Crippen molar-refractivity contribution in [2.75, 3.05) is 0 Å². The number of hydrogen-bond acceptors (Lipinski definition) is 4. The predicted molar refractivity (Wildman–Crippen MR) is 122 cm³/mol. The minimum absolute atomic E-state index is 0.122. The Morgan fingerprint density at radius 3 is 2.68 bits per heavy atom. The van der Waals surface area contributed by atoms with Gasteiger partial charge in [-0.25, -0.2) is 0 Å². The van der Waals surface area contributed by atoms with Gasteiger partial charge in [-0.3, -0.25) is 14.6 Å². The normalized spacial score (nSPS) is 15.5. The van der Waals surface area contributed by atoms with Crippen molar-refractivity contribution in [3.63, 3.8) is 0 Å². The van der Waals surface area contributed by atoms with Crippen molar-refractivity contribution in [3.8, 4) is 0 Å². The summed E-state index contributed by atoms with van der Waals surface area (Å²) in [5.41, 5.74) is 4.25. The molecule has 0 spiro atoms. The Bertz CT molecular complexity index is 1400. The van der Waals surface area contributed by atoms with Crippen LogP contribution in [-0.4, -0.2) is 15.8 Å². The molecular formula is C25H19BrN2O3. The van der Waals surface area contributed by atoms with Crippen LogP contribution < -0.4 is 5.43 Å². The molecule has 3 heterocycles. The van der Waals surface area contributed by atoms with Gasteiger partial charge in [-0.05, 0) is 60.4 Å². The third-order valence-corrected chi connectivity index (χ3v) is 6.15. The number of hydrogen-bond donors (Lipinski definition) is 0. The number of nitrogens with zero attached hydrogens (tertiary/aromatic N) is 2. The average Bonchev–Trinajstić information content (AvgIpc) is 3.00. The fraction of sp³-hybridized carbons (Fsp3) is 0.160. The Hall–Kier alpha value is -3.25. The molecule has 1 amide bonds. The molecule has 2 aromatic heterocycles. The number of rotatable bonds is 3. The third kappa shape index (κ3) is 3.27. The van der Waals surface area contributed by atoms with Crippen molar-refractivity contribution in [1.29, 1.82) is 0 Å². The molecule has 1 aliphatic rings. The summed E-state index contributed by atoms with van der Waals surface area (Å²) in [5.74, 6) is -0.168. The first kappa shape index (κ1) is 19.7. The SMILES string of the molecule is Cc1cc(C)c2c(=O)c3c(oc2c1)C(=O)N(Cc1cccnc1)C3c1cccc(Br)c1. The second-order valence-corrected chi connectivity index (χ2v) is 8.80. The lowest BCUT2D eigenvalue weighted by Gasteiger charge is -2.25. The molecule has 5 rings (SSSR count). The average molecular weight is 475 g/mol. The lowest BCUT2D eigenvalue weighted by atomic mass is 9.97. The first-order chi connectivity index (χ1) is 14.9. The van der Waals surface area contributed by atoms with E-state index < -0.39 is 6.04 Å². The molecule has 1 aliphatic heterocycles. The van der Waals surface area contributed by atoms with Crippen molar-refractivity contribution in [2.45, 2.75) is 26.4 Å². The molecule has 0 bridgehead atoms. The standard InChI is InChI=1S/C25H19BrN2O3/c1-14-9-15(2)20-19(10-14)31-24-21(23(20)29)22(17-6-3-7-18(26)11-17)28(25(24)30)13-16-5-4-8-27-12-16/h3-12,22H,13H2,1-2H3. The smallest absolute Gasteiger partial charge is 0.291 e. The van der Waals surface area contributed by atoms with Gasteiger partial charge >= 0.3 is 0 Å². The fourth-order valence-corrected chi connectivity index (χ4v) is 4.81. The summed E-state index contributed by atoms with van der Waals surface area (Å²) < 4.78 is 6.97. The molecule has 5 nitrogen and oxygen atoms in total. The van der Waals surface area contributed by atoms with E-state index in [0.717, 1.165) is 26.7 Å². The number of carbonyl (C=O) groups excluding carboxylic acids is 1. The van der Waals surface area contributed by atoms with E-state index in [4.69, 9.17) is 4.42 Å². The number of benzene rings is 2. The molecule has 1 unspecified atom stereocenters. The van der Waals surface area contributed by atoms with Crippen molar-refractivity contribution in [2.24, 2.45) is 0 Å². The highest BCUT2D eigenvalue weighted by Crippen LogP contribution is 2.40. The van der Waals surface area contributed by atoms with Crippen LogP contribution in [0.1, 0.15) is 44.4 Å². The van der Waals surface area contributed by atoms with E-state index >= 15 is 0 Å². The molecule has 6 heteroatoms. The molecular weight excluding hydrogens is 456 g/mol. The number of aromatic nitrogens is 1. The highest BCUT2D eigenvalue weighted by Gasteiger charge is 2.43. The molecule has 0 saturated heterocycles. The summed E-state index contributed by atoms with van der Waals surface area (Å²) in [6.07, 6.45) is 3.42. The van der Waals surface area contributed by atoms with Crippen LogP contribution in [0.5, 0.6) is 0 Å². The second-order valence-electron chi connectivity index (χ2n) is 7.88. The van der Waals surface area contributed by atoms with E-state index in [2.05, 4.69) is 20.9 Å². The summed E-state index contributed by atoms with van der Waals surface area (Å²) >= 11 is 3.51. The largest absolute Gasteiger partial charge is 0.450 e. The van der Waals surface area contributed by atoms with Crippen LogP contribution >= 0.6 is 15.9 Å². The lowest BCUT2D eigenvalue weighted by Crippen LogP contribution is -2.29. The minimum atomic E-state index is -0.540. The highest BCUT2D eigenvalue weighted by molar-refractivity contribution is 9.10. The molecule has 0 fully saturated rings. The zero-order valence-corrected chi connectivity index (χ0v) is 18.6. The second kappa shape index (κ2) is 7.46. The number of amides is 1. The molecule has 0 radical (unpaired) electrons. The summed E-state index contributed by atoms with van der Waals surface area (Å²) in [5, 5.41) is 0.528. The van der Waals surface area contributed by atoms with Crippen LogP contribution in [0.15, 0.2) is 74.6 Å². The van der Waals surface area contributed by atoms with Gasteiger partial charge in [0.05, 0.1) is 17.0 Å². The Balaban J connectivity index is 1.77. The van der Waals surface area contributed by atoms with Gasteiger partial charge in [-0.15, -0.1) is 0 Å². The Morgan fingerprint density at radius 2 is 1.94 bits per heavy atom. The fourth-order valence-electron chi connectivity index (χ4n) is 4.39. The molecule has 154 valence electrons. The van der Waals surface area contributed by atoms with Crippen LogP contribution in [0.2, 0.25) is 0 Å². The van der Waals surface area contributed by atoms with Crippen molar-refractivity contribution < 1.29 is 9.21 Å². The number of pyridine rings is 1. The number of aryl methyl sites for hydroxylation is 2. The molecule has 31 heavy (non-hydrogen) atoms. The molecule has 0 aliphatic carbocycles.